The minimum atomic E-state index is -4.70. The molecule has 0 atom stereocenters. The van der Waals surface area contributed by atoms with Crippen molar-refractivity contribution in [3.8, 4) is 11.9 Å². The van der Waals surface area contributed by atoms with Gasteiger partial charge in [0, 0.05) is 0 Å². The lowest BCUT2D eigenvalue weighted by atomic mass is 10.4. The van der Waals surface area contributed by atoms with E-state index >= 15 is 0 Å². The molecule has 0 fully saturated rings. The standard InChI is InChI=1S/C10H5F3N8/c11-10(12,13)9-18-17-6-1-2-7(19-21(6)9)20-8(15)5(3-14)4-16-20/h1-2,4H,15H2. The maximum Gasteiger partial charge on any atom is 0.453 e. The molecular weight excluding hydrogens is 289 g/mol. The van der Waals surface area contributed by atoms with Crippen LogP contribution < -0.4 is 5.73 Å². The Morgan fingerprint density at radius 2 is 2.00 bits per heavy atom. The molecule has 3 rings (SSSR count). The molecule has 0 amide bonds. The molecule has 0 aromatic carbocycles. The fourth-order valence-corrected chi connectivity index (χ4v) is 1.70. The van der Waals surface area contributed by atoms with Gasteiger partial charge in [0.15, 0.2) is 11.5 Å². The van der Waals surface area contributed by atoms with E-state index in [-0.39, 0.29) is 22.8 Å². The Hall–Kier alpha value is -3.16. The van der Waals surface area contributed by atoms with Crippen LogP contribution in [0.4, 0.5) is 19.0 Å². The van der Waals surface area contributed by atoms with Crippen LogP contribution in [0.2, 0.25) is 0 Å². The molecule has 21 heavy (non-hydrogen) atoms. The fourth-order valence-electron chi connectivity index (χ4n) is 1.70. The van der Waals surface area contributed by atoms with E-state index in [1.54, 1.807) is 6.07 Å². The number of nitrogens with zero attached hydrogens (tertiary/aromatic N) is 7. The van der Waals surface area contributed by atoms with Crippen LogP contribution in [0.25, 0.3) is 11.5 Å². The molecular formula is C10H5F3N8. The third-order valence-electron chi connectivity index (χ3n) is 2.65. The number of anilines is 1. The molecule has 0 spiro atoms. The molecule has 0 aliphatic rings. The lowest BCUT2D eigenvalue weighted by Crippen LogP contribution is -2.14. The Balaban J connectivity index is 2.21. The molecule has 0 aliphatic heterocycles. The Morgan fingerprint density at radius 1 is 1.24 bits per heavy atom. The first kappa shape index (κ1) is 12.9. The first-order chi connectivity index (χ1) is 9.91. The van der Waals surface area contributed by atoms with E-state index in [1.807, 2.05) is 0 Å². The van der Waals surface area contributed by atoms with Gasteiger partial charge in [-0.05, 0) is 12.1 Å². The summed E-state index contributed by atoms with van der Waals surface area (Å²) in [4.78, 5) is 0. The molecule has 0 unspecified atom stereocenters. The lowest BCUT2D eigenvalue weighted by Gasteiger charge is -2.06. The summed E-state index contributed by atoms with van der Waals surface area (Å²) in [5, 5.41) is 22.8. The van der Waals surface area contributed by atoms with Crippen LogP contribution in [-0.4, -0.2) is 29.6 Å². The number of rotatable bonds is 1. The van der Waals surface area contributed by atoms with Gasteiger partial charge in [-0.15, -0.1) is 15.3 Å². The average molecular weight is 294 g/mol. The normalized spacial score (nSPS) is 11.7. The first-order valence-electron chi connectivity index (χ1n) is 5.45. The zero-order valence-electron chi connectivity index (χ0n) is 10.1. The van der Waals surface area contributed by atoms with Crippen molar-refractivity contribution in [1.29, 1.82) is 5.26 Å². The molecule has 11 heteroatoms. The van der Waals surface area contributed by atoms with E-state index in [4.69, 9.17) is 11.0 Å². The number of nitrogens with two attached hydrogens (primary N) is 1. The van der Waals surface area contributed by atoms with Gasteiger partial charge in [0.2, 0.25) is 0 Å². The van der Waals surface area contributed by atoms with Gasteiger partial charge in [-0.1, -0.05) is 0 Å². The second kappa shape index (κ2) is 4.17. The third kappa shape index (κ3) is 1.93. The van der Waals surface area contributed by atoms with E-state index in [0.29, 0.717) is 4.52 Å². The maximum absolute atomic E-state index is 12.8. The van der Waals surface area contributed by atoms with Crippen molar-refractivity contribution in [3.05, 3.63) is 29.7 Å². The van der Waals surface area contributed by atoms with Crippen LogP contribution in [0.15, 0.2) is 18.3 Å². The summed E-state index contributed by atoms with van der Waals surface area (Å²) in [7, 11) is 0. The predicted molar refractivity (Wildman–Crippen MR) is 62.0 cm³/mol. The summed E-state index contributed by atoms with van der Waals surface area (Å²) in [5.74, 6) is -1.27. The highest BCUT2D eigenvalue weighted by Gasteiger charge is 2.37. The molecule has 3 heterocycles. The molecule has 3 aromatic heterocycles. The van der Waals surface area contributed by atoms with E-state index in [2.05, 4.69) is 20.4 Å². The molecule has 0 saturated heterocycles. The van der Waals surface area contributed by atoms with Crippen molar-refractivity contribution in [3.63, 3.8) is 0 Å². The van der Waals surface area contributed by atoms with Gasteiger partial charge >= 0.3 is 6.18 Å². The zero-order chi connectivity index (χ0) is 15.2. The van der Waals surface area contributed by atoms with E-state index < -0.39 is 12.0 Å². The van der Waals surface area contributed by atoms with Gasteiger partial charge < -0.3 is 5.73 Å². The Bertz CT molecular complexity index is 869. The molecule has 8 nitrogen and oxygen atoms in total. The monoisotopic (exact) mass is 294 g/mol. The van der Waals surface area contributed by atoms with Crippen molar-refractivity contribution < 1.29 is 13.2 Å². The minimum absolute atomic E-state index is 0.00630. The predicted octanol–water partition coefficient (Wildman–Crippen LogP) is 0.783. The smallest absolute Gasteiger partial charge is 0.382 e. The van der Waals surface area contributed by atoms with Gasteiger partial charge in [-0.2, -0.15) is 32.7 Å². The lowest BCUT2D eigenvalue weighted by molar-refractivity contribution is -0.146. The van der Waals surface area contributed by atoms with Crippen LogP contribution >= 0.6 is 0 Å². The van der Waals surface area contributed by atoms with Crippen molar-refractivity contribution in [2.45, 2.75) is 6.18 Å². The molecule has 3 aromatic rings. The molecule has 0 aliphatic carbocycles. The second-order valence-electron chi connectivity index (χ2n) is 3.95. The van der Waals surface area contributed by atoms with Crippen LogP contribution in [0.5, 0.6) is 0 Å². The summed E-state index contributed by atoms with van der Waals surface area (Å²) in [6.07, 6.45) is -3.50. The summed E-state index contributed by atoms with van der Waals surface area (Å²) >= 11 is 0. The van der Waals surface area contributed by atoms with Crippen molar-refractivity contribution in [2.75, 3.05) is 5.73 Å². The van der Waals surface area contributed by atoms with Crippen LogP contribution in [-0.2, 0) is 6.18 Å². The topological polar surface area (TPSA) is 111 Å². The quantitative estimate of drug-likeness (QED) is 0.710. The highest BCUT2D eigenvalue weighted by Crippen LogP contribution is 2.27. The van der Waals surface area contributed by atoms with Crippen LogP contribution in [0.3, 0.4) is 0 Å². The largest absolute Gasteiger partial charge is 0.453 e. The van der Waals surface area contributed by atoms with Gasteiger partial charge in [-0.3, -0.25) is 0 Å². The summed E-state index contributed by atoms with van der Waals surface area (Å²) < 4.78 is 39.9. The summed E-state index contributed by atoms with van der Waals surface area (Å²) in [5.41, 5.74) is 5.69. The average Bonchev–Trinajstić information content (AvgIpc) is 3.00. The number of nitrogen functional groups attached to an aromatic ring is 1. The number of nitriles is 1. The Labute approximate surface area is 114 Å². The van der Waals surface area contributed by atoms with E-state index in [1.165, 1.54) is 18.3 Å². The number of alkyl halides is 3. The summed E-state index contributed by atoms with van der Waals surface area (Å²) in [6.45, 7) is 0. The van der Waals surface area contributed by atoms with Crippen LogP contribution in [0, 0.1) is 11.3 Å². The molecule has 0 saturated carbocycles. The van der Waals surface area contributed by atoms with Gasteiger partial charge in [0.1, 0.15) is 17.5 Å². The second-order valence-corrected chi connectivity index (χ2v) is 3.95. The van der Waals surface area contributed by atoms with Crippen molar-refractivity contribution in [1.82, 2.24) is 29.6 Å². The molecule has 0 radical (unpaired) electrons. The number of hydrogen-bond donors (Lipinski definition) is 1. The number of hydrogen-bond acceptors (Lipinski definition) is 6. The third-order valence-corrected chi connectivity index (χ3v) is 2.65. The molecule has 0 bridgehead atoms. The highest BCUT2D eigenvalue weighted by atomic mass is 19.4. The van der Waals surface area contributed by atoms with E-state index in [0.717, 1.165) is 4.68 Å². The fraction of sp³-hybridized carbons (Fsp3) is 0.100. The van der Waals surface area contributed by atoms with Gasteiger partial charge in [-0.25, -0.2) is 0 Å². The van der Waals surface area contributed by atoms with Gasteiger partial charge in [0.25, 0.3) is 5.82 Å². The first-order valence-corrected chi connectivity index (χ1v) is 5.45. The maximum atomic E-state index is 12.8. The zero-order valence-corrected chi connectivity index (χ0v) is 10.1. The molecule has 106 valence electrons. The number of halogens is 3. The Morgan fingerprint density at radius 3 is 2.62 bits per heavy atom. The minimum Gasteiger partial charge on any atom is -0.382 e. The number of aromatic nitrogens is 6. The van der Waals surface area contributed by atoms with Crippen LogP contribution in [0.1, 0.15) is 11.4 Å². The van der Waals surface area contributed by atoms with Crippen molar-refractivity contribution in [2.24, 2.45) is 0 Å². The highest BCUT2D eigenvalue weighted by molar-refractivity contribution is 5.51. The Kier molecular flexibility index (Phi) is 2.55. The van der Waals surface area contributed by atoms with Gasteiger partial charge in [0.05, 0.1) is 6.20 Å². The van der Waals surface area contributed by atoms with E-state index in [9.17, 15) is 13.2 Å². The molecule has 2 N–H and O–H groups in total. The summed E-state index contributed by atoms with van der Waals surface area (Å²) in [6, 6.07) is 4.46. The van der Waals surface area contributed by atoms with Crippen molar-refractivity contribution >= 4 is 11.5 Å². The SMILES string of the molecule is N#Cc1cnn(-c2ccc3nnc(C(F)(F)F)n3n2)c1N. The number of fused-ring (bicyclic) bond motifs is 1.